The third kappa shape index (κ3) is 3.62. The van der Waals surface area contributed by atoms with Crippen LogP contribution in [0.5, 0.6) is 0 Å². The van der Waals surface area contributed by atoms with Crippen molar-refractivity contribution in [1.82, 2.24) is 19.7 Å². The molecule has 2 aromatic heterocycles. The molecule has 5 nitrogen and oxygen atoms in total. The van der Waals surface area contributed by atoms with Crippen LogP contribution in [0.4, 0.5) is 19.1 Å². The van der Waals surface area contributed by atoms with Gasteiger partial charge in [-0.05, 0) is 25.8 Å². The molecular formula is C15H18F3N5. The highest BCUT2D eigenvalue weighted by molar-refractivity contribution is 5.59. The fourth-order valence-electron chi connectivity index (χ4n) is 2.73. The fraction of sp³-hybridized carbons (Fsp3) is 0.533. The van der Waals surface area contributed by atoms with Crippen molar-refractivity contribution in [3.05, 3.63) is 24.2 Å². The summed E-state index contributed by atoms with van der Waals surface area (Å²) in [4.78, 5) is 7.90. The predicted octanol–water partition coefficient (Wildman–Crippen LogP) is 3.73. The molecule has 0 radical (unpaired) electrons. The summed E-state index contributed by atoms with van der Waals surface area (Å²) in [6.45, 7) is 2.55. The Hall–Kier alpha value is -2.12. The molecule has 0 saturated heterocycles. The summed E-state index contributed by atoms with van der Waals surface area (Å²) in [5, 5.41) is 7.13. The molecule has 0 amide bonds. The maximum Gasteiger partial charge on any atom is 0.433 e. The van der Waals surface area contributed by atoms with E-state index in [9.17, 15) is 13.2 Å². The molecule has 0 bridgehead atoms. The van der Waals surface area contributed by atoms with Crippen LogP contribution in [0.15, 0.2) is 18.5 Å². The van der Waals surface area contributed by atoms with E-state index in [1.807, 2.05) is 6.92 Å². The Kier molecular flexibility index (Phi) is 4.23. The van der Waals surface area contributed by atoms with Crippen molar-refractivity contribution in [1.29, 1.82) is 0 Å². The van der Waals surface area contributed by atoms with E-state index in [2.05, 4.69) is 20.4 Å². The zero-order chi connectivity index (χ0) is 16.4. The van der Waals surface area contributed by atoms with Crippen molar-refractivity contribution in [2.45, 2.75) is 51.4 Å². The van der Waals surface area contributed by atoms with Crippen LogP contribution in [0.2, 0.25) is 0 Å². The summed E-state index contributed by atoms with van der Waals surface area (Å²) >= 11 is 0. The largest absolute Gasteiger partial charge is 0.433 e. The zero-order valence-corrected chi connectivity index (χ0v) is 12.8. The molecule has 1 saturated carbocycles. The lowest BCUT2D eigenvalue weighted by Crippen LogP contribution is -2.19. The molecule has 8 heteroatoms. The molecule has 0 aliphatic heterocycles. The lowest BCUT2D eigenvalue weighted by Gasteiger charge is -2.14. The van der Waals surface area contributed by atoms with Crippen molar-refractivity contribution in [2.24, 2.45) is 0 Å². The molecule has 0 aromatic carbocycles. The molecule has 1 fully saturated rings. The quantitative estimate of drug-likeness (QED) is 0.930. The number of aryl methyl sites for hydroxylation is 1. The van der Waals surface area contributed by atoms with Crippen LogP contribution in [0.1, 0.15) is 38.3 Å². The van der Waals surface area contributed by atoms with Gasteiger partial charge in [-0.15, -0.1) is 0 Å². The van der Waals surface area contributed by atoms with E-state index in [-0.39, 0.29) is 17.7 Å². The second-order valence-electron chi connectivity index (χ2n) is 5.67. The normalized spacial score (nSPS) is 16.0. The van der Waals surface area contributed by atoms with Crippen LogP contribution in [0.25, 0.3) is 11.3 Å². The Labute approximate surface area is 131 Å². The molecule has 23 heavy (non-hydrogen) atoms. The number of alkyl halides is 3. The Morgan fingerprint density at radius 1 is 1.26 bits per heavy atom. The maximum absolute atomic E-state index is 13.1. The highest BCUT2D eigenvalue weighted by Gasteiger charge is 2.34. The van der Waals surface area contributed by atoms with Crippen LogP contribution in [0.3, 0.4) is 0 Å². The third-order valence-electron chi connectivity index (χ3n) is 3.96. The molecule has 1 aliphatic carbocycles. The van der Waals surface area contributed by atoms with E-state index in [1.165, 1.54) is 6.20 Å². The maximum atomic E-state index is 13.1. The molecule has 0 atom stereocenters. The number of rotatable bonds is 4. The highest BCUT2D eigenvalue weighted by atomic mass is 19.4. The Balaban J connectivity index is 1.96. The van der Waals surface area contributed by atoms with Crippen LogP contribution in [-0.2, 0) is 12.7 Å². The first-order chi connectivity index (χ1) is 11.0. The van der Waals surface area contributed by atoms with E-state index in [0.717, 1.165) is 31.7 Å². The minimum absolute atomic E-state index is 0.0333. The minimum atomic E-state index is -4.51. The van der Waals surface area contributed by atoms with Gasteiger partial charge in [0.15, 0.2) is 5.69 Å². The monoisotopic (exact) mass is 325 g/mol. The van der Waals surface area contributed by atoms with E-state index in [0.29, 0.717) is 12.1 Å². The number of nitrogens with zero attached hydrogens (tertiary/aromatic N) is 4. The van der Waals surface area contributed by atoms with Gasteiger partial charge in [0.25, 0.3) is 0 Å². The van der Waals surface area contributed by atoms with Gasteiger partial charge in [0.1, 0.15) is 0 Å². The SMILES string of the molecule is CCn1cc(-c2cc(C(F)(F)F)nc(NC3CCCC3)n2)cn1. The van der Waals surface area contributed by atoms with E-state index in [4.69, 9.17) is 0 Å². The van der Waals surface area contributed by atoms with Gasteiger partial charge in [-0.3, -0.25) is 4.68 Å². The zero-order valence-electron chi connectivity index (χ0n) is 12.8. The lowest BCUT2D eigenvalue weighted by molar-refractivity contribution is -0.141. The van der Waals surface area contributed by atoms with Crippen molar-refractivity contribution in [3.8, 4) is 11.3 Å². The first-order valence-electron chi connectivity index (χ1n) is 7.71. The molecule has 0 spiro atoms. The van der Waals surface area contributed by atoms with E-state index >= 15 is 0 Å². The van der Waals surface area contributed by atoms with Gasteiger partial charge >= 0.3 is 6.18 Å². The van der Waals surface area contributed by atoms with Gasteiger partial charge in [0, 0.05) is 24.3 Å². The first-order valence-corrected chi connectivity index (χ1v) is 7.71. The van der Waals surface area contributed by atoms with E-state index in [1.54, 1.807) is 10.9 Å². The second-order valence-corrected chi connectivity index (χ2v) is 5.67. The van der Waals surface area contributed by atoms with Crippen molar-refractivity contribution >= 4 is 5.95 Å². The van der Waals surface area contributed by atoms with Gasteiger partial charge in [0.05, 0.1) is 11.9 Å². The third-order valence-corrected chi connectivity index (χ3v) is 3.96. The van der Waals surface area contributed by atoms with Gasteiger partial charge < -0.3 is 5.32 Å². The molecule has 3 rings (SSSR count). The number of anilines is 1. The van der Waals surface area contributed by atoms with Crippen LogP contribution < -0.4 is 5.32 Å². The number of hydrogen-bond donors (Lipinski definition) is 1. The number of nitrogens with one attached hydrogen (secondary N) is 1. The standard InChI is InChI=1S/C15H18F3N5/c1-2-23-9-10(8-19-23)12-7-13(15(16,17)18)22-14(21-12)20-11-5-3-4-6-11/h7-9,11H,2-6H2,1H3,(H,20,21,22). The summed E-state index contributed by atoms with van der Waals surface area (Å²) in [7, 11) is 0. The summed E-state index contributed by atoms with van der Waals surface area (Å²) < 4.78 is 41.0. The molecular weight excluding hydrogens is 307 g/mol. The molecule has 0 unspecified atom stereocenters. The minimum Gasteiger partial charge on any atom is -0.351 e. The average Bonchev–Trinajstić information content (AvgIpc) is 3.17. The molecule has 124 valence electrons. The summed E-state index contributed by atoms with van der Waals surface area (Å²) in [6.07, 6.45) is 2.71. The van der Waals surface area contributed by atoms with Crippen LogP contribution in [0, 0.1) is 0 Å². The Morgan fingerprint density at radius 2 is 2.00 bits per heavy atom. The number of halogens is 3. The second kappa shape index (κ2) is 6.17. The predicted molar refractivity (Wildman–Crippen MR) is 79.8 cm³/mol. The molecule has 1 N–H and O–H groups in total. The van der Waals surface area contributed by atoms with Crippen LogP contribution >= 0.6 is 0 Å². The van der Waals surface area contributed by atoms with Gasteiger partial charge in [0.2, 0.25) is 5.95 Å². The van der Waals surface area contributed by atoms with Crippen molar-refractivity contribution in [2.75, 3.05) is 5.32 Å². The van der Waals surface area contributed by atoms with Crippen molar-refractivity contribution < 1.29 is 13.2 Å². The number of hydrogen-bond acceptors (Lipinski definition) is 4. The average molecular weight is 325 g/mol. The van der Waals surface area contributed by atoms with Gasteiger partial charge in [-0.2, -0.15) is 18.3 Å². The number of aromatic nitrogens is 4. The topological polar surface area (TPSA) is 55.6 Å². The smallest absolute Gasteiger partial charge is 0.351 e. The Morgan fingerprint density at radius 3 is 2.61 bits per heavy atom. The highest BCUT2D eigenvalue weighted by Crippen LogP contribution is 2.31. The van der Waals surface area contributed by atoms with Crippen molar-refractivity contribution in [3.63, 3.8) is 0 Å². The van der Waals surface area contributed by atoms with E-state index < -0.39 is 11.9 Å². The first kappa shape index (κ1) is 15.8. The molecule has 2 aromatic rings. The summed E-state index contributed by atoms with van der Waals surface area (Å²) in [6, 6.07) is 1.11. The molecule has 2 heterocycles. The Bertz CT molecular complexity index is 674. The lowest BCUT2D eigenvalue weighted by atomic mass is 10.2. The van der Waals surface area contributed by atoms with Gasteiger partial charge in [-0.25, -0.2) is 9.97 Å². The summed E-state index contributed by atoms with van der Waals surface area (Å²) in [5.41, 5.74) is -0.158. The summed E-state index contributed by atoms with van der Waals surface area (Å²) in [5.74, 6) is 0.0333. The molecule has 1 aliphatic rings. The van der Waals surface area contributed by atoms with Gasteiger partial charge in [-0.1, -0.05) is 12.8 Å². The van der Waals surface area contributed by atoms with Crippen LogP contribution in [-0.4, -0.2) is 25.8 Å². The fourth-order valence-corrected chi connectivity index (χ4v) is 2.73.